The number of alkyl halides is 1. The van der Waals surface area contributed by atoms with Gasteiger partial charge in [0.1, 0.15) is 0 Å². The van der Waals surface area contributed by atoms with Crippen molar-refractivity contribution in [2.75, 3.05) is 39.2 Å². The van der Waals surface area contributed by atoms with Crippen LogP contribution in [0.25, 0.3) is 0 Å². The van der Waals surface area contributed by atoms with Gasteiger partial charge in [0.05, 0.1) is 6.61 Å². The van der Waals surface area contributed by atoms with Crippen LogP contribution < -0.4 is 0 Å². The summed E-state index contributed by atoms with van der Waals surface area (Å²) in [6.45, 7) is 3.01. The van der Waals surface area contributed by atoms with Gasteiger partial charge in [0, 0.05) is 19.0 Å². The Bertz CT molecular complexity index is 62.6. The number of hydrogen-bond acceptors (Lipinski definition) is 2. The molecular formula is C7H16BrNO. The van der Waals surface area contributed by atoms with Gasteiger partial charge in [0.15, 0.2) is 0 Å². The molecule has 0 N–H and O–H groups in total. The Morgan fingerprint density at radius 1 is 1.40 bits per heavy atom. The van der Waals surface area contributed by atoms with Crippen molar-refractivity contribution in [3.63, 3.8) is 0 Å². The van der Waals surface area contributed by atoms with Gasteiger partial charge >= 0.3 is 0 Å². The van der Waals surface area contributed by atoms with Crippen LogP contribution in [-0.4, -0.2) is 44.1 Å². The van der Waals surface area contributed by atoms with Crippen LogP contribution in [-0.2, 0) is 4.74 Å². The van der Waals surface area contributed by atoms with Gasteiger partial charge in [-0.1, -0.05) is 15.9 Å². The quantitative estimate of drug-likeness (QED) is 0.613. The molecule has 0 aliphatic rings. The summed E-state index contributed by atoms with van der Waals surface area (Å²) in [7, 11) is 3.85. The largest absolute Gasteiger partial charge is 0.383 e. The molecule has 0 aliphatic carbocycles. The van der Waals surface area contributed by atoms with Gasteiger partial charge in [0.25, 0.3) is 0 Å². The Labute approximate surface area is 71.7 Å². The maximum absolute atomic E-state index is 4.94. The third-order valence-corrected chi connectivity index (χ3v) is 1.91. The first-order valence-electron chi connectivity index (χ1n) is 3.54. The Balaban J connectivity index is 3.00. The lowest BCUT2D eigenvalue weighted by Gasteiger charge is -2.14. The van der Waals surface area contributed by atoms with Crippen molar-refractivity contribution in [3.8, 4) is 0 Å². The van der Waals surface area contributed by atoms with E-state index in [9.17, 15) is 0 Å². The van der Waals surface area contributed by atoms with Crippen molar-refractivity contribution in [2.24, 2.45) is 0 Å². The van der Waals surface area contributed by atoms with Crippen LogP contribution in [0.4, 0.5) is 0 Å². The molecule has 0 aromatic carbocycles. The molecule has 0 radical (unpaired) electrons. The van der Waals surface area contributed by atoms with E-state index < -0.39 is 0 Å². The fraction of sp³-hybridized carbons (Fsp3) is 1.00. The monoisotopic (exact) mass is 209 g/mol. The number of hydrogen-bond donors (Lipinski definition) is 0. The predicted octanol–water partition coefficient (Wildman–Crippen LogP) is 1.35. The second-order valence-corrected chi connectivity index (χ2v) is 3.13. The van der Waals surface area contributed by atoms with Gasteiger partial charge in [-0.2, -0.15) is 0 Å². The van der Waals surface area contributed by atoms with E-state index in [4.69, 9.17) is 4.74 Å². The summed E-state index contributed by atoms with van der Waals surface area (Å²) in [6.07, 6.45) is 1.21. The van der Waals surface area contributed by atoms with E-state index in [-0.39, 0.29) is 0 Å². The van der Waals surface area contributed by atoms with E-state index in [1.165, 1.54) is 6.42 Å². The minimum Gasteiger partial charge on any atom is -0.383 e. The molecule has 0 aliphatic heterocycles. The van der Waals surface area contributed by atoms with Crippen molar-refractivity contribution in [1.82, 2.24) is 4.90 Å². The summed E-state index contributed by atoms with van der Waals surface area (Å²) >= 11 is 3.39. The van der Waals surface area contributed by atoms with Crippen LogP contribution in [0, 0.1) is 0 Å². The van der Waals surface area contributed by atoms with Crippen molar-refractivity contribution in [3.05, 3.63) is 0 Å². The zero-order valence-electron chi connectivity index (χ0n) is 6.77. The summed E-state index contributed by atoms with van der Waals surface area (Å²) in [4.78, 5) is 2.27. The topological polar surface area (TPSA) is 12.5 Å². The smallest absolute Gasteiger partial charge is 0.0589 e. The molecule has 62 valence electrons. The normalized spacial score (nSPS) is 10.8. The van der Waals surface area contributed by atoms with Crippen LogP contribution in [0.5, 0.6) is 0 Å². The Morgan fingerprint density at radius 3 is 2.60 bits per heavy atom. The van der Waals surface area contributed by atoms with Gasteiger partial charge < -0.3 is 9.64 Å². The third kappa shape index (κ3) is 6.52. The molecule has 0 rings (SSSR count). The van der Waals surface area contributed by atoms with Crippen molar-refractivity contribution < 1.29 is 4.74 Å². The van der Waals surface area contributed by atoms with Crippen molar-refractivity contribution in [2.45, 2.75) is 6.42 Å². The van der Waals surface area contributed by atoms with E-state index >= 15 is 0 Å². The highest BCUT2D eigenvalue weighted by atomic mass is 79.9. The number of nitrogens with zero attached hydrogens (tertiary/aromatic N) is 1. The van der Waals surface area contributed by atoms with Gasteiger partial charge in [-0.25, -0.2) is 0 Å². The van der Waals surface area contributed by atoms with Gasteiger partial charge in [-0.15, -0.1) is 0 Å². The van der Waals surface area contributed by atoms with E-state index in [1.807, 2.05) is 0 Å². The van der Waals surface area contributed by atoms with Crippen LogP contribution in [0.15, 0.2) is 0 Å². The summed E-state index contributed by atoms with van der Waals surface area (Å²) in [5, 5.41) is 1.09. The maximum Gasteiger partial charge on any atom is 0.0589 e. The summed E-state index contributed by atoms with van der Waals surface area (Å²) in [6, 6.07) is 0. The average molecular weight is 210 g/mol. The molecule has 3 heteroatoms. The lowest BCUT2D eigenvalue weighted by molar-refractivity contribution is 0.161. The molecule has 2 nitrogen and oxygen atoms in total. The molecule has 0 saturated heterocycles. The Morgan fingerprint density at radius 2 is 2.10 bits per heavy atom. The van der Waals surface area contributed by atoms with Crippen LogP contribution >= 0.6 is 15.9 Å². The van der Waals surface area contributed by atoms with Gasteiger partial charge in [-0.05, 0) is 20.0 Å². The number of halogens is 1. The second kappa shape index (κ2) is 7.51. The van der Waals surface area contributed by atoms with E-state index in [2.05, 4.69) is 27.9 Å². The van der Waals surface area contributed by atoms with E-state index in [1.54, 1.807) is 7.11 Å². The summed E-state index contributed by atoms with van der Waals surface area (Å²) < 4.78 is 4.94. The molecule has 0 bridgehead atoms. The average Bonchev–Trinajstić information content (AvgIpc) is 1.97. The first-order chi connectivity index (χ1) is 4.81. The number of ether oxygens (including phenoxy) is 1. The highest BCUT2D eigenvalue weighted by molar-refractivity contribution is 9.09. The summed E-state index contributed by atoms with van der Waals surface area (Å²) in [5.74, 6) is 0. The molecule has 0 aromatic rings. The molecule has 0 saturated carbocycles. The molecule has 0 unspecified atom stereocenters. The minimum absolute atomic E-state index is 0.832. The first kappa shape index (κ1) is 10.4. The van der Waals surface area contributed by atoms with Crippen molar-refractivity contribution >= 4 is 15.9 Å². The molecule has 0 fully saturated rings. The zero-order chi connectivity index (χ0) is 7.82. The third-order valence-electron chi connectivity index (χ3n) is 1.35. The molecule has 10 heavy (non-hydrogen) atoms. The molecule has 0 atom stereocenters. The van der Waals surface area contributed by atoms with Crippen LogP contribution in [0.2, 0.25) is 0 Å². The zero-order valence-corrected chi connectivity index (χ0v) is 8.35. The number of methoxy groups -OCH3 is 1. The molecule has 0 spiro atoms. The van der Waals surface area contributed by atoms with E-state index in [0.717, 1.165) is 25.0 Å². The maximum atomic E-state index is 4.94. The van der Waals surface area contributed by atoms with Crippen LogP contribution in [0.1, 0.15) is 6.42 Å². The van der Waals surface area contributed by atoms with Crippen LogP contribution in [0.3, 0.4) is 0 Å². The standard InChI is InChI=1S/C7H16BrNO/c1-9(5-3-4-8)6-7-10-2/h3-7H2,1-2H3. The molecule has 0 amide bonds. The minimum atomic E-state index is 0.832. The highest BCUT2D eigenvalue weighted by Gasteiger charge is 1.94. The van der Waals surface area contributed by atoms with E-state index in [0.29, 0.717) is 0 Å². The number of rotatable bonds is 6. The molecular weight excluding hydrogens is 194 g/mol. The SMILES string of the molecule is COCCN(C)CCCBr. The predicted molar refractivity (Wildman–Crippen MR) is 47.8 cm³/mol. The first-order valence-corrected chi connectivity index (χ1v) is 4.67. The summed E-state index contributed by atoms with van der Waals surface area (Å²) in [5.41, 5.74) is 0. The Hall–Kier alpha value is 0.400. The van der Waals surface area contributed by atoms with Crippen molar-refractivity contribution in [1.29, 1.82) is 0 Å². The molecule has 0 heterocycles. The van der Waals surface area contributed by atoms with Gasteiger partial charge in [-0.3, -0.25) is 0 Å². The fourth-order valence-electron chi connectivity index (χ4n) is 0.689. The second-order valence-electron chi connectivity index (χ2n) is 2.34. The van der Waals surface area contributed by atoms with Gasteiger partial charge in [0.2, 0.25) is 0 Å². The number of likely N-dealkylation sites (N-methyl/N-ethyl adjacent to an activating group) is 1. The fourth-order valence-corrected chi connectivity index (χ4v) is 0.939. The lowest BCUT2D eigenvalue weighted by atomic mass is 10.4. The molecule has 0 aromatic heterocycles. The Kier molecular flexibility index (Phi) is 7.81. The highest BCUT2D eigenvalue weighted by Crippen LogP contribution is 1.90. The lowest BCUT2D eigenvalue weighted by Crippen LogP contribution is -2.24.